The van der Waals surface area contributed by atoms with Gasteiger partial charge in [-0.25, -0.2) is 4.98 Å². The van der Waals surface area contributed by atoms with E-state index in [2.05, 4.69) is 45.7 Å². The molecule has 1 aromatic heterocycles. The molecular formula is C15H18N4O. The summed E-state index contributed by atoms with van der Waals surface area (Å²) in [6.45, 7) is 2.63. The van der Waals surface area contributed by atoms with E-state index in [0.29, 0.717) is 18.1 Å². The third-order valence-electron chi connectivity index (χ3n) is 2.91. The Morgan fingerprint density at radius 2 is 2.15 bits per heavy atom. The lowest BCUT2D eigenvalue weighted by atomic mass is 10.1. The molecule has 0 spiro atoms. The number of rotatable bonds is 5. The Hall–Kier alpha value is -2.43. The Bertz CT molecular complexity index is 598. The molecule has 2 rings (SSSR count). The van der Waals surface area contributed by atoms with Crippen LogP contribution < -0.4 is 10.6 Å². The average Bonchev–Trinajstić information content (AvgIpc) is 2.47. The van der Waals surface area contributed by atoms with Gasteiger partial charge >= 0.3 is 0 Å². The fraction of sp³-hybridized carbons (Fsp3) is 0.267. The second-order valence-electron chi connectivity index (χ2n) is 4.53. The molecule has 0 bridgehead atoms. The van der Waals surface area contributed by atoms with Crippen molar-refractivity contribution < 1.29 is 4.79 Å². The lowest BCUT2D eigenvalue weighted by Gasteiger charge is -2.06. The zero-order valence-corrected chi connectivity index (χ0v) is 11.7. The predicted octanol–water partition coefficient (Wildman–Crippen LogP) is 1.80. The van der Waals surface area contributed by atoms with Crippen molar-refractivity contribution >= 4 is 11.7 Å². The zero-order valence-electron chi connectivity index (χ0n) is 11.7. The molecule has 0 saturated heterocycles. The Kier molecular flexibility index (Phi) is 4.65. The number of benzene rings is 1. The molecule has 2 aromatic rings. The van der Waals surface area contributed by atoms with Gasteiger partial charge in [-0.15, -0.1) is 0 Å². The minimum Gasteiger partial charge on any atom is -0.372 e. The van der Waals surface area contributed by atoms with Crippen molar-refractivity contribution in [3.8, 4) is 0 Å². The van der Waals surface area contributed by atoms with E-state index >= 15 is 0 Å². The van der Waals surface area contributed by atoms with Gasteiger partial charge in [-0.1, -0.05) is 29.8 Å². The van der Waals surface area contributed by atoms with Crippen LogP contribution in [-0.4, -0.2) is 29.5 Å². The molecule has 0 fully saturated rings. The Morgan fingerprint density at radius 1 is 1.30 bits per heavy atom. The zero-order chi connectivity index (χ0) is 14.4. The van der Waals surface area contributed by atoms with Gasteiger partial charge in [-0.3, -0.25) is 9.78 Å². The van der Waals surface area contributed by atoms with Crippen molar-refractivity contribution in [1.29, 1.82) is 0 Å². The number of hydrogen-bond donors (Lipinski definition) is 2. The maximum absolute atomic E-state index is 11.9. The van der Waals surface area contributed by atoms with E-state index in [1.54, 1.807) is 13.2 Å². The Labute approximate surface area is 118 Å². The van der Waals surface area contributed by atoms with Crippen LogP contribution in [0.1, 0.15) is 21.6 Å². The highest BCUT2D eigenvalue weighted by Crippen LogP contribution is 2.04. The van der Waals surface area contributed by atoms with Crippen LogP contribution in [0.15, 0.2) is 36.7 Å². The first-order valence-electron chi connectivity index (χ1n) is 6.52. The number of carbonyl (C=O) groups excluding carboxylic acids is 1. The van der Waals surface area contributed by atoms with Gasteiger partial charge in [0.2, 0.25) is 0 Å². The number of aromatic nitrogens is 2. The number of amides is 1. The van der Waals surface area contributed by atoms with Gasteiger partial charge in [0, 0.05) is 13.6 Å². The van der Waals surface area contributed by atoms with Crippen molar-refractivity contribution in [3.63, 3.8) is 0 Å². The van der Waals surface area contributed by atoms with E-state index in [1.165, 1.54) is 17.3 Å². The van der Waals surface area contributed by atoms with Crippen molar-refractivity contribution in [2.45, 2.75) is 13.3 Å². The van der Waals surface area contributed by atoms with Gasteiger partial charge in [-0.05, 0) is 18.9 Å². The van der Waals surface area contributed by atoms with Gasteiger partial charge in [0.25, 0.3) is 5.91 Å². The van der Waals surface area contributed by atoms with Gasteiger partial charge in [-0.2, -0.15) is 0 Å². The molecule has 1 amide bonds. The lowest BCUT2D eigenvalue weighted by Crippen LogP contribution is -2.26. The van der Waals surface area contributed by atoms with Gasteiger partial charge in [0.1, 0.15) is 11.5 Å². The third kappa shape index (κ3) is 3.78. The fourth-order valence-corrected chi connectivity index (χ4v) is 1.87. The van der Waals surface area contributed by atoms with Crippen LogP contribution in [0.5, 0.6) is 0 Å². The molecule has 5 nitrogen and oxygen atoms in total. The topological polar surface area (TPSA) is 66.9 Å². The highest BCUT2D eigenvalue weighted by atomic mass is 16.1. The molecule has 0 aliphatic carbocycles. The number of aryl methyl sites for hydroxylation is 1. The predicted molar refractivity (Wildman–Crippen MR) is 78.8 cm³/mol. The maximum atomic E-state index is 11.9. The summed E-state index contributed by atoms with van der Waals surface area (Å²) < 4.78 is 0. The molecular weight excluding hydrogens is 252 g/mol. The fourth-order valence-electron chi connectivity index (χ4n) is 1.87. The van der Waals surface area contributed by atoms with E-state index in [0.717, 1.165) is 6.42 Å². The van der Waals surface area contributed by atoms with E-state index in [1.807, 2.05) is 6.07 Å². The van der Waals surface area contributed by atoms with Gasteiger partial charge < -0.3 is 10.6 Å². The van der Waals surface area contributed by atoms with Crippen LogP contribution in [-0.2, 0) is 6.42 Å². The largest absolute Gasteiger partial charge is 0.372 e. The first-order valence-corrected chi connectivity index (χ1v) is 6.52. The number of anilines is 1. The highest BCUT2D eigenvalue weighted by Gasteiger charge is 2.07. The molecule has 2 N–H and O–H groups in total. The monoisotopic (exact) mass is 270 g/mol. The van der Waals surface area contributed by atoms with E-state index in [-0.39, 0.29) is 5.91 Å². The summed E-state index contributed by atoms with van der Waals surface area (Å²) in [7, 11) is 1.74. The van der Waals surface area contributed by atoms with Crippen molar-refractivity contribution in [1.82, 2.24) is 15.3 Å². The molecule has 0 saturated carbocycles. The van der Waals surface area contributed by atoms with Gasteiger partial charge in [0.05, 0.1) is 12.4 Å². The molecule has 20 heavy (non-hydrogen) atoms. The lowest BCUT2D eigenvalue weighted by molar-refractivity contribution is 0.0949. The Morgan fingerprint density at radius 3 is 2.90 bits per heavy atom. The van der Waals surface area contributed by atoms with Crippen LogP contribution in [0, 0.1) is 6.92 Å². The van der Waals surface area contributed by atoms with Crippen LogP contribution in [0.4, 0.5) is 5.82 Å². The van der Waals surface area contributed by atoms with E-state index in [4.69, 9.17) is 0 Å². The Balaban J connectivity index is 1.89. The smallest absolute Gasteiger partial charge is 0.271 e. The van der Waals surface area contributed by atoms with Crippen LogP contribution in [0.25, 0.3) is 0 Å². The summed E-state index contributed by atoms with van der Waals surface area (Å²) in [6.07, 6.45) is 3.83. The molecule has 0 aliphatic rings. The molecule has 0 atom stereocenters. The third-order valence-corrected chi connectivity index (χ3v) is 2.91. The molecule has 0 aliphatic heterocycles. The molecule has 1 heterocycles. The molecule has 0 unspecified atom stereocenters. The number of hydrogen-bond acceptors (Lipinski definition) is 4. The summed E-state index contributed by atoms with van der Waals surface area (Å²) in [5, 5.41) is 5.71. The molecule has 104 valence electrons. The summed E-state index contributed by atoms with van der Waals surface area (Å²) in [4.78, 5) is 20.0. The SMILES string of the molecule is CNc1cncc(C(=O)NCCc2cccc(C)c2)n1. The summed E-state index contributed by atoms with van der Waals surface area (Å²) in [5.41, 5.74) is 2.75. The van der Waals surface area contributed by atoms with E-state index < -0.39 is 0 Å². The average molecular weight is 270 g/mol. The molecule has 0 radical (unpaired) electrons. The summed E-state index contributed by atoms with van der Waals surface area (Å²) >= 11 is 0. The van der Waals surface area contributed by atoms with Crippen LogP contribution >= 0.6 is 0 Å². The van der Waals surface area contributed by atoms with Crippen molar-refractivity contribution in [3.05, 3.63) is 53.5 Å². The van der Waals surface area contributed by atoms with Gasteiger partial charge in [0.15, 0.2) is 0 Å². The number of nitrogens with zero attached hydrogens (tertiary/aromatic N) is 2. The molecule has 5 heteroatoms. The second-order valence-corrected chi connectivity index (χ2v) is 4.53. The first kappa shape index (κ1) is 14.0. The minimum atomic E-state index is -0.206. The van der Waals surface area contributed by atoms with Crippen molar-refractivity contribution in [2.75, 3.05) is 18.9 Å². The summed E-state index contributed by atoms with van der Waals surface area (Å²) in [5.74, 6) is 0.374. The van der Waals surface area contributed by atoms with Crippen molar-refractivity contribution in [2.24, 2.45) is 0 Å². The minimum absolute atomic E-state index is 0.206. The summed E-state index contributed by atoms with van der Waals surface area (Å²) in [6, 6.07) is 8.25. The van der Waals surface area contributed by atoms with Crippen LogP contribution in [0.2, 0.25) is 0 Å². The first-order chi connectivity index (χ1) is 9.69. The van der Waals surface area contributed by atoms with E-state index in [9.17, 15) is 4.79 Å². The second kappa shape index (κ2) is 6.65. The number of nitrogens with one attached hydrogen (secondary N) is 2. The van der Waals surface area contributed by atoms with Crippen LogP contribution in [0.3, 0.4) is 0 Å². The normalized spacial score (nSPS) is 10.1. The molecule has 1 aromatic carbocycles. The number of carbonyl (C=O) groups is 1. The standard InChI is InChI=1S/C15H18N4O/c1-11-4-3-5-12(8-11)6-7-18-15(20)13-9-17-10-14(16-2)19-13/h3-5,8-10H,6-7H2,1-2H3,(H,16,19)(H,18,20). The quantitative estimate of drug-likeness (QED) is 0.869. The maximum Gasteiger partial charge on any atom is 0.271 e. The highest BCUT2D eigenvalue weighted by molar-refractivity contribution is 5.92.